The molecule has 1 aliphatic heterocycles. The molecule has 1 saturated heterocycles. The average molecular weight is 424 g/mol. The van der Waals surface area contributed by atoms with Crippen LogP contribution in [0.1, 0.15) is 25.3 Å². The topological polar surface area (TPSA) is 90.7 Å². The predicted octanol–water partition coefficient (Wildman–Crippen LogP) is 3.03. The molecular weight excluding hydrogens is 390 g/mol. The van der Waals surface area contributed by atoms with Gasteiger partial charge in [-0.1, -0.05) is 30.3 Å². The minimum atomic E-state index is -0.215. The number of piperidine rings is 1. The van der Waals surface area contributed by atoms with Crippen molar-refractivity contribution in [2.24, 2.45) is 11.7 Å². The molecule has 31 heavy (non-hydrogen) atoms. The van der Waals surface area contributed by atoms with Gasteiger partial charge in [-0.25, -0.2) is 4.79 Å². The van der Waals surface area contributed by atoms with Crippen LogP contribution in [0.25, 0.3) is 0 Å². The molecule has 3 rings (SSSR count). The van der Waals surface area contributed by atoms with E-state index in [-0.39, 0.29) is 23.9 Å². The molecule has 0 saturated carbocycles. The fraction of sp³-hybridized carbons (Fsp3) is 0.417. The molecule has 0 spiro atoms. The highest BCUT2D eigenvalue weighted by Gasteiger charge is 2.23. The van der Waals surface area contributed by atoms with Gasteiger partial charge < -0.3 is 21.3 Å². The number of para-hydroxylation sites is 1. The van der Waals surface area contributed by atoms with Crippen molar-refractivity contribution < 1.29 is 9.59 Å². The van der Waals surface area contributed by atoms with Crippen LogP contribution < -0.4 is 21.3 Å². The number of urea groups is 1. The lowest BCUT2D eigenvalue weighted by molar-refractivity contribution is -0.123. The zero-order valence-electron chi connectivity index (χ0n) is 18.4. The molecular formula is C24H33N5O2. The number of anilines is 2. The van der Waals surface area contributed by atoms with E-state index < -0.39 is 0 Å². The Kier molecular flexibility index (Phi) is 7.89. The van der Waals surface area contributed by atoms with Gasteiger partial charge in [-0.2, -0.15) is 0 Å². The molecule has 0 radical (unpaired) electrons. The summed E-state index contributed by atoms with van der Waals surface area (Å²) in [5, 5.41) is 5.88. The quantitative estimate of drug-likeness (QED) is 0.609. The van der Waals surface area contributed by atoms with Gasteiger partial charge in [0.2, 0.25) is 5.91 Å². The Morgan fingerprint density at radius 1 is 1.13 bits per heavy atom. The Bertz CT molecular complexity index is 865. The Balaban J connectivity index is 1.46. The number of hydrogen-bond acceptors (Lipinski definition) is 4. The maximum atomic E-state index is 12.4. The number of carbonyl (C=O) groups excluding carboxylic acids is 2. The first-order chi connectivity index (χ1) is 14.9. The summed E-state index contributed by atoms with van der Waals surface area (Å²) in [6, 6.07) is 17.9. The van der Waals surface area contributed by atoms with Gasteiger partial charge in [0, 0.05) is 43.5 Å². The number of nitrogens with two attached hydrogens (primary N) is 1. The Hall–Kier alpha value is -3.06. The lowest BCUT2D eigenvalue weighted by Crippen LogP contribution is -2.41. The number of likely N-dealkylation sites (tertiary alicyclic amines) is 1. The smallest absolute Gasteiger partial charge is 0.319 e. The first-order valence-corrected chi connectivity index (χ1v) is 10.9. The highest BCUT2D eigenvalue weighted by atomic mass is 16.2. The molecule has 0 unspecified atom stereocenters. The lowest BCUT2D eigenvalue weighted by Gasteiger charge is -2.30. The summed E-state index contributed by atoms with van der Waals surface area (Å²) in [6.45, 7) is 5.12. The van der Waals surface area contributed by atoms with Crippen molar-refractivity contribution in [2.45, 2.75) is 32.4 Å². The molecule has 0 aliphatic carbocycles. The second-order valence-corrected chi connectivity index (χ2v) is 8.28. The van der Waals surface area contributed by atoms with Crippen LogP contribution in [-0.4, -0.2) is 49.6 Å². The maximum Gasteiger partial charge on any atom is 0.319 e. The number of rotatable bonds is 8. The Morgan fingerprint density at radius 2 is 1.84 bits per heavy atom. The van der Waals surface area contributed by atoms with Gasteiger partial charge in [-0.3, -0.25) is 9.69 Å². The first-order valence-electron chi connectivity index (χ1n) is 10.9. The monoisotopic (exact) mass is 423 g/mol. The van der Waals surface area contributed by atoms with Gasteiger partial charge in [0.15, 0.2) is 0 Å². The van der Waals surface area contributed by atoms with E-state index in [2.05, 4.69) is 45.6 Å². The minimum Gasteiger partial charge on any atom is -0.370 e. The van der Waals surface area contributed by atoms with Crippen LogP contribution in [0.3, 0.4) is 0 Å². The standard InChI is InChI=1S/C24H33N5O2/c1-18(28(2)22-9-4-3-5-10-22)16-26-24(31)27-21-8-6-7-19(15-21)17-29-13-11-20(12-14-29)23(25)30/h3-10,15,18,20H,11-14,16-17H2,1-2H3,(H2,25,30)(H2,26,27,31)/t18-/m1/s1. The molecule has 1 heterocycles. The number of hydrogen-bond donors (Lipinski definition) is 3. The molecule has 1 aliphatic rings. The Morgan fingerprint density at radius 3 is 2.52 bits per heavy atom. The molecule has 4 N–H and O–H groups in total. The van der Waals surface area contributed by atoms with Crippen molar-refractivity contribution in [3.8, 4) is 0 Å². The normalized spacial score (nSPS) is 15.8. The maximum absolute atomic E-state index is 12.4. The van der Waals surface area contributed by atoms with E-state index in [1.165, 1.54) is 0 Å². The number of amides is 3. The fourth-order valence-corrected chi connectivity index (χ4v) is 3.85. The summed E-state index contributed by atoms with van der Waals surface area (Å²) in [5.41, 5.74) is 8.43. The van der Waals surface area contributed by atoms with Gasteiger partial charge in [-0.05, 0) is 62.7 Å². The van der Waals surface area contributed by atoms with E-state index in [4.69, 9.17) is 5.73 Å². The summed E-state index contributed by atoms with van der Waals surface area (Å²) in [5.74, 6) is -0.197. The van der Waals surface area contributed by atoms with Crippen LogP contribution in [-0.2, 0) is 11.3 Å². The van der Waals surface area contributed by atoms with Crippen LogP contribution in [0.4, 0.5) is 16.2 Å². The summed E-state index contributed by atoms with van der Waals surface area (Å²) in [7, 11) is 2.02. The molecule has 7 heteroatoms. The zero-order valence-corrected chi connectivity index (χ0v) is 18.4. The molecule has 0 bridgehead atoms. The lowest BCUT2D eigenvalue weighted by atomic mass is 9.96. The summed E-state index contributed by atoms with van der Waals surface area (Å²) in [4.78, 5) is 28.2. The van der Waals surface area contributed by atoms with E-state index in [1.807, 2.05) is 43.4 Å². The molecule has 1 atom stereocenters. The zero-order chi connectivity index (χ0) is 22.2. The van der Waals surface area contributed by atoms with E-state index in [0.717, 1.165) is 49.4 Å². The second kappa shape index (κ2) is 10.8. The van der Waals surface area contributed by atoms with Gasteiger partial charge in [-0.15, -0.1) is 0 Å². The van der Waals surface area contributed by atoms with Gasteiger partial charge >= 0.3 is 6.03 Å². The van der Waals surface area contributed by atoms with Crippen LogP contribution in [0.2, 0.25) is 0 Å². The summed E-state index contributed by atoms with van der Waals surface area (Å²) in [6.07, 6.45) is 1.62. The number of benzene rings is 2. The van der Waals surface area contributed by atoms with Crippen LogP contribution in [0.15, 0.2) is 54.6 Å². The number of nitrogens with zero attached hydrogens (tertiary/aromatic N) is 2. The third-order valence-corrected chi connectivity index (χ3v) is 5.96. The van der Waals surface area contributed by atoms with E-state index in [1.54, 1.807) is 0 Å². The van der Waals surface area contributed by atoms with Crippen molar-refractivity contribution in [2.75, 3.05) is 36.9 Å². The largest absolute Gasteiger partial charge is 0.370 e. The molecule has 2 aromatic carbocycles. The van der Waals surface area contributed by atoms with Crippen molar-refractivity contribution in [3.05, 3.63) is 60.2 Å². The highest BCUT2D eigenvalue weighted by molar-refractivity contribution is 5.89. The van der Waals surface area contributed by atoms with E-state index in [0.29, 0.717) is 6.54 Å². The van der Waals surface area contributed by atoms with Crippen molar-refractivity contribution in [1.29, 1.82) is 0 Å². The Labute approximate surface area is 184 Å². The van der Waals surface area contributed by atoms with E-state index in [9.17, 15) is 9.59 Å². The second-order valence-electron chi connectivity index (χ2n) is 8.28. The summed E-state index contributed by atoms with van der Waals surface area (Å²) >= 11 is 0. The minimum absolute atomic E-state index is 0.00345. The third-order valence-electron chi connectivity index (χ3n) is 5.96. The van der Waals surface area contributed by atoms with Gasteiger partial charge in [0.1, 0.15) is 0 Å². The predicted molar refractivity (Wildman–Crippen MR) is 125 cm³/mol. The summed E-state index contributed by atoms with van der Waals surface area (Å²) < 4.78 is 0. The van der Waals surface area contributed by atoms with E-state index >= 15 is 0 Å². The van der Waals surface area contributed by atoms with Crippen molar-refractivity contribution >= 4 is 23.3 Å². The number of primary amides is 1. The van der Waals surface area contributed by atoms with Crippen LogP contribution in [0, 0.1) is 5.92 Å². The molecule has 1 fully saturated rings. The average Bonchev–Trinajstić information content (AvgIpc) is 2.78. The highest BCUT2D eigenvalue weighted by Crippen LogP contribution is 2.20. The van der Waals surface area contributed by atoms with Crippen LogP contribution >= 0.6 is 0 Å². The molecule has 0 aromatic heterocycles. The molecule has 3 amide bonds. The fourth-order valence-electron chi connectivity index (χ4n) is 3.85. The molecule has 166 valence electrons. The third kappa shape index (κ3) is 6.72. The number of carbonyl (C=O) groups is 2. The number of likely N-dealkylation sites (N-methyl/N-ethyl adjacent to an activating group) is 1. The van der Waals surface area contributed by atoms with Crippen molar-refractivity contribution in [1.82, 2.24) is 10.2 Å². The molecule has 2 aromatic rings. The number of nitrogens with one attached hydrogen (secondary N) is 2. The SMILES string of the molecule is C[C@H](CNC(=O)Nc1cccc(CN2CCC(C(N)=O)CC2)c1)N(C)c1ccccc1. The van der Waals surface area contributed by atoms with Gasteiger partial charge in [0.25, 0.3) is 0 Å². The van der Waals surface area contributed by atoms with Gasteiger partial charge in [0.05, 0.1) is 0 Å². The van der Waals surface area contributed by atoms with Crippen molar-refractivity contribution in [3.63, 3.8) is 0 Å². The van der Waals surface area contributed by atoms with Crippen LogP contribution in [0.5, 0.6) is 0 Å². The first kappa shape index (κ1) is 22.6. The molecule has 7 nitrogen and oxygen atoms in total.